The van der Waals surface area contributed by atoms with Gasteiger partial charge in [0.25, 0.3) is 0 Å². The number of esters is 1. The van der Waals surface area contributed by atoms with E-state index in [0.29, 0.717) is 6.61 Å². The van der Waals surface area contributed by atoms with Crippen molar-refractivity contribution in [2.75, 3.05) is 6.61 Å². The van der Waals surface area contributed by atoms with E-state index in [1.165, 1.54) is 0 Å². The molecule has 0 saturated carbocycles. The van der Waals surface area contributed by atoms with E-state index in [0.717, 1.165) is 19.3 Å². The Balaban J connectivity index is 2.45. The molecule has 0 N–H and O–H groups in total. The highest BCUT2D eigenvalue weighted by atomic mass is 16.5. The van der Waals surface area contributed by atoms with E-state index in [9.17, 15) is 4.79 Å². The normalized spacial score (nSPS) is 24.2. The van der Waals surface area contributed by atoms with Crippen molar-refractivity contribution in [3.63, 3.8) is 0 Å². The lowest BCUT2D eigenvalue weighted by Crippen LogP contribution is -2.19. The summed E-state index contributed by atoms with van der Waals surface area (Å²) in [4.78, 5) is 11.1. The van der Waals surface area contributed by atoms with Gasteiger partial charge in [-0.25, -0.2) is 0 Å². The monoisotopic (exact) mass is 170 g/mol. The van der Waals surface area contributed by atoms with Crippen molar-refractivity contribution < 1.29 is 9.53 Å². The van der Waals surface area contributed by atoms with Crippen LogP contribution in [0.5, 0.6) is 0 Å². The van der Waals surface area contributed by atoms with Crippen LogP contribution in [0, 0.1) is 11.3 Å². The highest BCUT2D eigenvalue weighted by Crippen LogP contribution is 2.32. The molecule has 0 bridgehead atoms. The smallest absolute Gasteiger partial charge is 0.309 e. The second kappa shape index (κ2) is 3.46. The van der Waals surface area contributed by atoms with Gasteiger partial charge >= 0.3 is 5.97 Å². The molecule has 0 spiro atoms. The average molecular weight is 170 g/mol. The molecule has 0 radical (unpaired) electrons. The Hall–Kier alpha value is -0.530. The molecular weight excluding hydrogens is 152 g/mol. The first-order valence-corrected chi connectivity index (χ1v) is 4.72. The van der Waals surface area contributed by atoms with Gasteiger partial charge in [0.2, 0.25) is 0 Å². The number of hydrogen-bond donors (Lipinski definition) is 0. The van der Waals surface area contributed by atoms with Gasteiger partial charge in [-0.15, -0.1) is 0 Å². The maximum absolute atomic E-state index is 11.1. The summed E-state index contributed by atoms with van der Waals surface area (Å²) < 4.78 is 4.92. The quantitative estimate of drug-likeness (QED) is 0.608. The predicted molar refractivity (Wildman–Crippen MR) is 47.8 cm³/mol. The Morgan fingerprint density at radius 2 is 2.25 bits per heavy atom. The number of cyclic esters (lactones) is 1. The summed E-state index contributed by atoms with van der Waals surface area (Å²) in [5.74, 6) is 0.177. The van der Waals surface area contributed by atoms with Crippen molar-refractivity contribution in [3.8, 4) is 0 Å². The summed E-state index contributed by atoms with van der Waals surface area (Å²) in [5.41, 5.74) is 0.286. The molecular formula is C10H18O2. The van der Waals surface area contributed by atoms with Crippen LogP contribution in [0.1, 0.15) is 40.0 Å². The van der Waals surface area contributed by atoms with Gasteiger partial charge in [-0.1, -0.05) is 27.2 Å². The minimum Gasteiger partial charge on any atom is -0.465 e. The van der Waals surface area contributed by atoms with Gasteiger partial charge in [-0.2, -0.15) is 0 Å². The Morgan fingerprint density at radius 3 is 2.67 bits per heavy atom. The fraction of sp³-hybridized carbons (Fsp3) is 0.900. The Morgan fingerprint density at radius 1 is 1.58 bits per heavy atom. The zero-order chi connectivity index (χ0) is 9.19. The molecule has 0 aromatic heterocycles. The minimum absolute atomic E-state index is 0.0107. The van der Waals surface area contributed by atoms with Gasteiger partial charge in [0.1, 0.15) is 0 Å². The highest BCUT2D eigenvalue weighted by Gasteiger charge is 2.31. The highest BCUT2D eigenvalue weighted by molar-refractivity contribution is 5.74. The van der Waals surface area contributed by atoms with Crippen LogP contribution in [0.3, 0.4) is 0 Å². The second-order valence-electron chi connectivity index (χ2n) is 4.37. The summed E-state index contributed by atoms with van der Waals surface area (Å²) in [5, 5.41) is 0. The molecule has 1 aliphatic rings. The predicted octanol–water partition coefficient (Wildman–Crippen LogP) is 2.38. The third kappa shape index (κ3) is 2.23. The van der Waals surface area contributed by atoms with Crippen LogP contribution >= 0.6 is 0 Å². The first kappa shape index (κ1) is 9.56. The van der Waals surface area contributed by atoms with Gasteiger partial charge in [0.05, 0.1) is 12.5 Å². The Kier molecular flexibility index (Phi) is 2.76. The maximum Gasteiger partial charge on any atom is 0.309 e. The molecule has 1 atom stereocenters. The van der Waals surface area contributed by atoms with E-state index < -0.39 is 0 Å². The maximum atomic E-state index is 11.1. The van der Waals surface area contributed by atoms with Gasteiger partial charge in [-0.3, -0.25) is 4.79 Å². The van der Waals surface area contributed by atoms with Gasteiger partial charge in [0, 0.05) is 0 Å². The largest absolute Gasteiger partial charge is 0.465 e. The van der Waals surface area contributed by atoms with Crippen molar-refractivity contribution in [1.29, 1.82) is 0 Å². The zero-order valence-corrected chi connectivity index (χ0v) is 8.22. The number of rotatable bonds is 3. The van der Waals surface area contributed by atoms with E-state index in [1.54, 1.807) is 0 Å². The number of hydrogen-bond acceptors (Lipinski definition) is 2. The summed E-state index contributed by atoms with van der Waals surface area (Å²) >= 11 is 0. The van der Waals surface area contributed by atoms with Crippen molar-refractivity contribution in [3.05, 3.63) is 0 Å². The minimum atomic E-state index is 0.0107. The van der Waals surface area contributed by atoms with Crippen LogP contribution in [-0.4, -0.2) is 12.6 Å². The molecule has 1 unspecified atom stereocenters. The lowest BCUT2D eigenvalue weighted by molar-refractivity contribution is -0.142. The second-order valence-corrected chi connectivity index (χ2v) is 4.37. The summed E-state index contributed by atoms with van der Waals surface area (Å²) in [6, 6.07) is 0. The molecule has 0 aromatic rings. The van der Waals surface area contributed by atoms with E-state index in [2.05, 4.69) is 20.8 Å². The lowest BCUT2D eigenvalue weighted by atomic mass is 9.80. The van der Waals surface area contributed by atoms with Crippen molar-refractivity contribution in [2.45, 2.75) is 40.0 Å². The SMILES string of the molecule is CCC(C)(C)CC1CCOC1=O. The third-order valence-electron chi connectivity index (χ3n) is 2.80. The van der Waals surface area contributed by atoms with E-state index in [4.69, 9.17) is 4.74 Å². The Bertz CT molecular complexity index is 173. The molecule has 2 heteroatoms. The number of carbonyl (C=O) groups is 1. The molecule has 70 valence electrons. The van der Waals surface area contributed by atoms with E-state index >= 15 is 0 Å². The summed E-state index contributed by atoms with van der Waals surface area (Å²) in [6.07, 6.45) is 3.02. The number of ether oxygens (including phenoxy) is 1. The fourth-order valence-corrected chi connectivity index (χ4v) is 1.53. The molecule has 1 fully saturated rings. The summed E-state index contributed by atoms with van der Waals surface area (Å²) in [7, 11) is 0. The van der Waals surface area contributed by atoms with E-state index in [1.807, 2.05) is 0 Å². The molecule has 1 rings (SSSR count). The van der Waals surface area contributed by atoms with Crippen LogP contribution in [-0.2, 0) is 9.53 Å². The zero-order valence-electron chi connectivity index (χ0n) is 8.22. The molecule has 0 aromatic carbocycles. The van der Waals surface area contributed by atoms with Crippen LogP contribution in [0.15, 0.2) is 0 Å². The van der Waals surface area contributed by atoms with Crippen LogP contribution in [0.25, 0.3) is 0 Å². The Labute approximate surface area is 74.3 Å². The molecule has 2 nitrogen and oxygen atoms in total. The molecule has 12 heavy (non-hydrogen) atoms. The van der Waals surface area contributed by atoms with Crippen molar-refractivity contribution >= 4 is 5.97 Å². The van der Waals surface area contributed by atoms with E-state index in [-0.39, 0.29) is 17.3 Å². The van der Waals surface area contributed by atoms with Crippen molar-refractivity contribution in [2.24, 2.45) is 11.3 Å². The third-order valence-corrected chi connectivity index (χ3v) is 2.80. The molecule has 0 aliphatic carbocycles. The van der Waals surface area contributed by atoms with Gasteiger partial charge in [0.15, 0.2) is 0 Å². The van der Waals surface area contributed by atoms with Crippen LogP contribution in [0.4, 0.5) is 0 Å². The molecule has 1 aliphatic heterocycles. The van der Waals surface area contributed by atoms with Gasteiger partial charge < -0.3 is 4.74 Å². The first-order chi connectivity index (χ1) is 5.55. The molecule has 0 amide bonds. The van der Waals surface area contributed by atoms with Gasteiger partial charge in [-0.05, 0) is 18.3 Å². The molecule has 1 heterocycles. The fourth-order valence-electron chi connectivity index (χ4n) is 1.53. The summed E-state index contributed by atoms with van der Waals surface area (Å²) in [6.45, 7) is 7.21. The lowest BCUT2D eigenvalue weighted by Gasteiger charge is -2.24. The number of carbonyl (C=O) groups excluding carboxylic acids is 1. The standard InChI is InChI=1S/C10H18O2/c1-4-10(2,3)7-8-5-6-12-9(8)11/h8H,4-7H2,1-3H3. The molecule has 1 saturated heterocycles. The topological polar surface area (TPSA) is 26.3 Å². The first-order valence-electron chi connectivity index (χ1n) is 4.72. The van der Waals surface area contributed by atoms with Crippen LogP contribution in [0.2, 0.25) is 0 Å². The average Bonchev–Trinajstić information content (AvgIpc) is 2.36. The van der Waals surface area contributed by atoms with Crippen molar-refractivity contribution in [1.82, 2.24) is 0 Å². The van der Waals surface area contributed by atoms with Crippen LogP contribution < -0.4 is 0 Å².